The average molecular weight is 170 g/mol. The van der Waals surface area contributed by atoms with E-state index in [9.17, 15) is 5.11 Å². The molecule has 0 saturated heterocycles. The summed E-state index contributed by atoms with van der Waals surface area (Å²) in [5.74, 6) is 0.541. The highest BCUT2D eigenvalue weighted by molar-refractivity contribution is 5.05. The van der Waals surface area contributed by atoms with Crippen molar-refractivity contribution in [1.29, 1.82) is 0 Å². The molecule has 1 heterocycles. The molecule has 0 aliphatic rings. The second kappa shape index (κ2) is 3.15. The molecular formula is C8H14N2O2. The summed E-state index contributed by atoms with van der Waals surface area (Å²) < 4.78 is 6.86. The third kappa shape index (κ3) is 2.92. The lowest BCUT2D eigenvalue weighted by molar-refractivity contribution is 0.0266. The number of hydrogen-bond acceptors (Lipinski definition) is 3. The zero-order valence-electron chi connectivity index (χ0n) is 7.61. The third-order valence-corrected chi connectivity index (χ3v) is 1.26. The van der Waals surface area contributed by atoms with Crippen molar-refractivity contribution < 1.29 is 9.84 Å². The molecule has 0 bridgehead atoms. The van der Waals surface area contributed by atoms with Crippen molar-refractivity contribution in [3.63, 3.8) is 0 Å². The van der Waals surface area contributed by atoms with Gasteiger partial charge in [0, 0.05) is 19.3 Å². The van der Waals surface area contributed by atoms with Crippen LogP contribution in [0.4, 0.5) is 0 Å². The topological polar surface area (TPSA) is 47.3 Å². The van der Waals surface area contributed by atoms with E-state index in [2.05, 4.69) is 5.10 Å². The van der Waals surface area contributed by atoms with Crippen molar-refractivity contribution in [3.8, 4) is 5.88 Å². The van der Waals surface area contributed by atoms with Gasteiger partial charge in [-0.2, -0.15) is 0 Å². The highest BCUT2D eigenvalue weighted by atomic mass is 16.5. The lowest BCUT2D eigenvalue weighted by atomic mass is 10.2. The van der Waals surface area contributed by atoms with Crippen LogP contribution in [0, 0.1) is 0 Å². The number of aryl methyl sites for hydroxylation is 1. The standard InChI is InChI=1S/C8H14N2O2/c1-8(2,11)6-12-7-4-5-10(3)9-7/h4-5,11H,6H2,1-3H3. The molecule has 0 aromatic carbocycles. The summed E-state index contributed by atoms with van der Waals surface area (Å²) >= 11 is 0. The van der Waals surface area contributed by atoms with E-state index in [0.29, 0.717) is 5.88 Å². The quantitative estimate of drug-likeness (QED) is 0.721. The monoisotopic (exact) mass is 170 g/mol. The van der Waals surface area contributed by atoms with Crippen molar-refractivity contribution in [1.82, 2.24) is 9.78 Å². The molecule has 1 aromatic heterocycles. The van der Waals surface area contributed by atoms with Crippen LogP contribution in [0.25, 0.3) is 0 Å². The second-order valence-electron chi connectivity index (χ2n) is 3.43. The summed E-state index contributed by atoms with van der Waals surface area (Å²) in [5, 5.41) is 13.3. The fourth-order valence-electron chi connectivity index (χ4n) is 0.721. The number of aliphatic hydroxyl groups is 1. The Balaban J connectivity index is 2.44. The predicted molar refractivity (Wildman–Crippen MR) is 45.0 cm³/mol. The van der Waals surface area contributed by atoms with E-state index < -0.39 is 5.60 Å². The number of aromatic nitrogens is 2. The molecule has 1 aromatic rings. The van der Waals surface area contributed by atoms with E-state index in [-0.39, 0.29) is 6.61 Å². The molecule has 0 atom stereocenters. The van der Waals surface area contributed by atoms with Crippen LogP contribution in [0.3, 0.4) is 0 Å². The van der Waals surface area contributed by atoms with Gasteiger partial charge in [0.2, 0.25) is 5.88 Å². The number of ether oxygens (including phenoxy) is 1. The second-order valence-corrected chi connectivity index (χ2v) is 3.43. The molecule has 4 heteroatoms. The average Bonchev–Trinajstić information content (AvgIpc) is 2.30. The lowest BCUT2D eigenvalue weighted by Crippen LogP contribution is -2.27. The van der Waals surface area contributed by atoms with Crippen LogP contribution >= 0.6 is 0 Å². The maximum atomic E-state index is 9.33. The van der Waals surface area contributed by atoms with E-state index in [1.807, 2.05) is 7.05 Å². The van der Waals surface area contributed by atoms with Gasteiger partial charge in [0.05, 0.1) is 5.60 Å². The molecule has 0 radical (unpaired) electrons. The van der Waals surface area contributed by atoms with Crippen molar-refractivity contribution in [2.75, 3.05) is 6.61 Å². The van der Waals surface area contributed by atoms with E-state index >= 15 is 0 Å². The third-order valence-electron chi connectivity index (χ3n) is 1.26. The molecule has 0 saturated carbocycles. The highest BCUT2D eigenvalue weighted by Gasteiger charge is 2.13. The highest BCUT2D eigenvalue weighted by Crippen LogP contribution is 2.08. The summed E-state index contributed by atoms with van der Waals surface area (Å²) in [7, 11) is 1.82. The fraction of sp³-hybridized carbons (Fsp3) is 0.625. The summed E-state index contributed by atoms with van der Waals surface area (Å²) in [5.41, 5.74) is -0.808. The van der Waals surface area contributed by atoms with Gasteiger partial charge < -0.3 is 9.84 Å². The molecule has 68 valence electrons. The number of rotatable bonds is 3. The maximum absolute atomic E-state index is 9.33. The lowest BCUT2D eigenvalue weighted by Gasteiger charge is -2.16. The van der Waals surface area contributed by atoms with Gasteiger partial charge in [-0.05, 0) is 13.8 Å². The minimum atomic E-state index is -0.808. The first-order chi connectivity index (χ1) is 5.47. The van der Waals surface area contributed by atoms with Crippen LogP contribution in [0.5, 0.6) is 5.88 Å². The molecule has 0 aliphatic heterocycles. The van der Waals surface area contributed by atoms with Gasteiger partial charge in [0.1, 0.15) is 6.61 Å². The first-order valence-electron chi connectivity index (χ1n) is 3.82. The Morgan fingerprint density at radius 1 is 1.67 bits per heavy atom. The van der Waals surface area contributed by atoms with Crippen LogP contribution in [0.15, 0.2) is 12.3 Å². The minimum Gasteiger partial charge on any atom is -0.474 e. The molecule has 0 spiro atoms. The zero-order valence-corrected chi connectivity index (χ0v) is 7.61. The predicted octanol–water partition coefficient (Wildman–Crippen LogP) is 0.570. The summed E-state index contributed by atoms with van der Waals surface area (Å²) in [4.78, 5) is 0. The molecule has 12 heavy (non-hydrogen) atoms. The van der Waals surface area contributed by atoms with E-state index in [1.165, 1.54) is 0 Å². The van der Waals surface area contributed by atoms with Crippen molar-refractivity contribution in [3.05, 3.63) is 12.3 Å². The van der Waals surface area contributed by atoms with Crippen molar-refractivity contribution in [2.45, 2.75) is 19.4 Å². The van der Waals surface area contributed by atoms with E-state index in [0.717, 1.165) is 0 Å². The van der Waals surface area contributed by atoms with Crippen molar-refractivity contribution >= 4 is 0 Å². The number of hydrogen-bond donors (Lipinski definition) is 1. The largest absolute Gasteiger partial charge is 0.474 e. The van der Waals surface area contributed by atoms with Gasteiger partial charge in [-0.1, -0.05) is 0 Å². The van der Waals surface area contributed by atoms with Crippen LogP contribution in [0.2, 0.25) is 0 Å². The first kappa shape index (κ1) is 9.06. The Bertz CT molecular complexity index is 250. The van der Waals surface area contributed by atoms with Gasteiger partial charge in [-0.3, -0.25) is 4.68 Å². The molecule has 4 nitrogen and oxygen atoms in total. The van der Waals surface area contributed by atoms with Gasteiger partial charge in [-0.25, -0.2) is 0 Å². The summed E-state index contributed by atoms with van der Waals surface area (Å²) in [6, 6.07) is 1.76. The molecule has 0 unspecified atom stereocenters. The fourth-order valence-corrected chi connectivity index (χ4v) is 0.721. The smallest absolute Gasteiger partial charge is 0.232 e. The molecule has 0 fully saturated rings. The molecule has 1 N–H and O–H groups in total. The minimum absolute atomic E-state index is 0.254. The molecule has 0 aliphatic carbocycles. The Morgan fingerprint density at radius 2 is 2.33 bits per heavy atom. The Kier molecular flexibility index (Phi) is 2.38. The normalized spacial score (nSPS) is 11.7. The van der Waals surface area contributed by atoms with Gasteiger partial charge in [0.15, 0.2) is 0 Å². The maximum Gasteiger partial charge on any atom is 0.232 e. The number of nitrogens with zero attached hydrogens (tertiary/aromatic N) is 2. The van der Waals surface area contributed by atoms with Crippen LogP contribution in [-0.4, -0.2) is 27.1 Å². The molecular weight excluding hydrogens is 156 g/mol. The summed E-state index contributed by atoms with van der Waals surface area (Å²) in [6.07, 6.45) is 1.79. The Labute approximate surface area is 71.8 Å². The van der Waals surface area contributed by atoms with Gasteiger partial charge >= 0.3 is 0 Å². The molecule has 1 rings (SSSR count). The SMILES string of the molecule is Cn1ccc(OCC(C)(C)O)n1. The van der Waals surface area contributed by atoms with Gasteiger partial charge in [0.25, 0.3) is 0 Å². The van der Waals surface area contributed by atoms with Crippen molar-refractivity contribution in [2.24, 2.45) is 7.05 Å². The van der Waals surface area contributed by atoms with Gasteiger partial charge in [-0.15, -0.1) is 5.10 Å². The first-order valence-corrected chi connectivity index (χ1v) is 3.82. The molecule has 0 amide bonds. The Hall–Kier alpha value is -1.03. The van der Waals surface area contributed by atoms with Crippen LogP contribution in [0.1, 0.15) is 13.8 Å². The van der Waals surface area contributed by atoms with Crippen LogP contribution < -0.4 is 4.74 Å². The van der Waals surface area contributed by atoms with Crippen LogP contribution in [-0.2, 0) is 7.05 Å². The summed E-state index contributed by atoms with van der Waals surface area (Å²) in [6.45, 7) is 3.63. The zero-order chi connectivity index (χ0) is 9.19. The Morgan fingerprint density at radius 3 is 2.75 bits per heavy atom. The van der Waals surface area contributed by atoms with E-state index in [4.69, 9.17) is 4.74 Å². The van der Waals surface area contributed by atoms with E-state index in [1.54, 1.807) is 30.8 Å².